The van der Waals surface area contributed by atoms with Gasteiger partial charge in [0, 0.05) is 24.2 Å². The number of carbonyl (C=O) groups is 2. The van der Waals surface area contributed by atoms with Crippen LogP contribution in [-0.4, -0.2) is 27.3 Å². The van der Waals surface area contributed by atoms with Gasteiger partial charge in [0.2, 0.25) is 0 Å². The fraction of sp³-hybridized carbons (Fsp3) is 0.231. The first-order chi connectivity index (χ1) is 9.25. The number of anilines is 1. The second kappa shape index (κ2) is 5.02. The number of hydrogen-bond donors (Lipinski definition) is 1. The maximum Gasteiger partial charge on any atom is 0.254 e. The molecule has 1 saturated heterocycles. The van der Waals surface area contributed by atoms with Gasteiger partial charge in [-0.2, -0.15) is 0 Å². The van der Waals surface area contributed by atoms with Gasteiger partial charge in [0.05, 0.1) is 13.4 Å². The summed E-state index contributed by atoms with van der Waals surface area (Å²) in [6.07, 6.45) is 5.35. The molecule has 1 amide bonds. The van der Waals surface area contributed by atoms with Crippen molar-refractivity contribution in [1.82, 2.24) is 9.97 Å². The average Bonchev–Trinajstić information content (AvgIpc) is 2.85. The van der Waals surface area contributed by atoms with Gasteiger partial charge in [-0.15, -0.1) is 0 Å². The third kappa shape index (κ3) is 2.34. The first kappa shape index (κ1) is 12.2. The zero-order chi connectivity index (χ0) is 13.2. The van der Waals surface area contributed by atoms with Crippen LogP contribution in [0.5, 0.6) is 0 Å². The lowest BCUT2D eigenvalue weighted by molar-refractivity contribution is -0.110. The first-order valence-electron chi connectivity index (χ1n) is 6.07. The lowest BCUT2D eigenvalue weighted by Gasteiger charge is -2.10. The smallest absolute Gasteiger partial charge is 0.254 e. The summed E-state index contributed by atoms with van der Waals surface area (Å²) in [5.74, 6) is 0.484. The van der Waals surface area contributed by atoms with E-state index >= 15 is 0 Å². The lowest BCUT2D eigenvalue weighted by atomic mass is 10.2. The second-order valence-electron chi connectivity index (χ2n) is 4.31. The highest BCUT2D eigenvalue weighted by Gasteiger charge is 2.31. The van der Waals surface area contributed by atoms with Gasteiger partial charge in [-0.3, -0.25) is 14.6 Å². The molecule has 0 saturated carbocycles. The molecule has 1 fully saturated rings. The monoisotopic (exact) mass is 273 g/mol. The molecule has 0 aromatic carbocycles. The summed E-state index contributed by atoms with van der Waals surface area (Å²) in [4.78, 5) is 32.1. The van der Waals surface area contributed by atoms with Gasteiger partial charge in [0.25, 0.3) is 5.65 Å². The van der Waals surface area contributed by atoms with Gasteiger partial charge in [-0.1, -0.05) is 0 Å². The Labute approximate surface area is 111 Å². The summed E-state index contributed by atoms with van der Waals surface area (Å²) >= 11 is 0. The van der Waals surface area contributed by atoms with Crippen LogP contribution >= 0.6 is 7.92 Å². The molecule has 2 aromatic rings. The largest absolute Gasteiger partial charge is 0.306 e. The van der Waals surface area contributed by atoms with Crippen LogP contribution in [0.1, 0.15) is 12.8 Å². The molecule has 1 unspecified atom stereocenters. The van der Waals surface area contributed by atoms with E-state index in [9.17, 15) is 9.59 Å². The summed E-state index contributed by atoms with van der Waals surface area (Å²) in [6.45, 7) is 0. The van der Waals surface area contributed by atoms with E-state index in [1.54, 1.807) is 24.5 Å². The first-order valence-corrected chi connectivity index (χ1v) is 7.59. The van der Waals surface area contributed by atoms with E-state index in [0.717, 1.165) is 17.3 Å². The fourth-order valence-electron chi connectivity index (χ4n) is 2.13. The lowest BCUT2D eigenvalue weighted by Crippen LogP contribution is -2.11. The molecule has 1 aliphatic heterocycles. The Morgan fingerprint density at radius 1 is 1.26 bits per heavy atom. The summed E-state index contributed by atoms with van der Waals surface area (Å²) in [7, 11) is -1.20. The van der Waals surface area contributed by atoms with Crippen molar-refractivity contribution < 1.29 is 9.59 Å². The molecule has 0 bridgehead atoms. The topological polar surface area (TPSA) is 72.0 Å². The van der Waals surface area contributed by atoms with E-state index in [1.807, 2.05) is 6.07 Å². The Morgan fingerprint density at radius 3 is 2.95 bits per heavy atom. The van der Waals surface area contributed by atoms with E-state index < -0.39 is 7.92 Å². The number of carbonyl (C=O) groups excluding carboxylic acids is 2. The highest BCUT2D eigenvalue weighted by Crippen LogP contribution is 2.46. The molecule has 19 heavy (non-hydrogen) atoms. The van der Waals surface area contributed by atoms with Gasteiger partial charge in [0.15, 0.2) is 5.52 Å². The molecule has 0 radical (unpaired) electrons. The summed E-state index contributed by atoms with van der Waals surface area (Å²) < 4.78 is 0. The van der Waals surface area contributed by atoms with Crippen molar-refractivity contribution in [2.45, 2.75) is 12.8 Å². The maximum absolute atomic E-state index is 12.1. The molecule has 3 rings (SSSR count). The molecule has 1 N–H and O–H groups in total. The number of pyridine rings is 2. The Balaban J connectivity index is 1.89. The number of amides is 1. The molecule has 1 atom stereocenters. The van der Waals surface area contributed by atoms with Crippen molar-refractivity contribution in [3.05, 3.63) is 30.6 Å². The summed E-state index contributed by atoms with van der Waals surface area (Å²) in [5, 5.41) is 3.57. The number of rotatable bonds is 2. The Hall–Kier alpha value is -1.87. The van der Waals surface area contributed by atoms with Crippen molar-refractivity contribution in [2.24, 2.45) is 0 Å². The minimum Gasteiger partial charge on any atom is -0.306 e. The van der Waals surface area contributed by atoms with Gasteiger partial charge in [-0.05, 0) is 30.8 Å². The standard InChI is InChI=1S/C13H12N3O2P/c17-11-4-2-8-19(11)13(18)16-12-9-3-1-6-14-10(9)5-7-15-12/h1,3,5-7H,2,4,8H2,(H,15,16,18). The van der Waals surface area contributed by atoms with Crippen LogP contribution in [0.25, 0.3) is 10.9 Å². The predicted octanol–water partition coefficient (Wildman–Crippen LogP) is 2.96. The van der Waals surface area contributed by atoms with Crippen LogP contribution in [0.15, 0.2) is 30.6 Å². The SMILES string of the molecule is O=C1CCCP1C(=O)Nc1nccc2ncccc12. The Morgan fingerprint density at radius 2 is 2.16 bits per heavy atom. The zero-order valence-corrected chi connectivity index (χ0v) is 11.1. The van der Waals surface area contributed by atoms with E-state index in [0.29, 0.717) is 18.4 Å². The van der Waals surface area contributed by atoms with E-state index in [4.69, 9.17) is 0 Å². The minimum atomic E-state index is -1.20. The number of nitrogens with zero attached hydrogens (tertiary/aromatic N) is 2. The van der Waals surface area contributed by atoms with Crippen molar-refractivity contribution in [3.8, 4) is 0 Å². The van der Waals surface area contributed by atoms with Gasteiger partial charge in [0.1, 0.15) is 5.82 Å². The molecule has 1 aliphatic rings. The van der Waals surface area contributed by atoms with Gasteiger partial charge in [-0.25, -0.2) is 4.98 Å². The van der Waals surface area contributed by atoms with Crippen LogP contribution in [0, 0.1) is 0 Å². The number of aromatic nitrogens is 2. The molecule has 3 heterocycles. The van der Waals surface area contributed by atoms with Crippen molar-refractivity contribution >= 4 is 35.8 Å². The highest BCUT2D eigenvalue weighted by atomic mass is 31.1. The van der Waals surface area contributed by atoms with Crippen LogP contribution in [-0.2, 0) is 4.79 Å². The second-order valence-corrected chi connectivity index (χ2v) is 6.52. The summed E-state index contributed by atoms with van der Waals surface area (Å²) in [6, 6.07) is 5.44. The fourth-order valence-corrected chi connectivity index (χ4v) is 3.96. The minimum absolute atomic E-state index is 0.0888. The van der Waals surface area contributed by atoms with Crippen LogP contribution < -0.4 is 5.32 Å². The third-order valence-corrected chi connectivity index (χ3v) is 5.26. The van der Waals surface area contributed by atoms with Crippen molar-refractivity contribution in [1.29, 1.82) is 0 Å². The molecule has 6 heteroatoms. The predicted molar refractivity (Wildman–Crippen MR) is 74.6 cm³/mol. The molecular weight excluding hydrogens is 261 g/mol. The molecule has 96 valence electrons. The number of fused-ring (bicyclic) bond motifs is 1. The van der Waals surface area contributed by atoms with Gasteiger partial charge < -0.3 is 5.32 Å². The number of nitrogens with one attached hydrogen (secondary N) is 1. The summed E-state index contributed by atoms with van der Waals surface area (Å²) in [5.41, 5.74) is 0.672. The van der Waals surface area contributed by atoms with Crippen molar-refractivity contribution in [2.75, 3.05) is 11.5 Å². The zero-order valence-electron chi connectivity index (χ0n) is 10.2. The third-order valence-electron chi connectivity index (χ3n) is 3.07. The Kier molecular flexibility index (Phi) is 3.22. The van der Waals surface area contributed by atoms with Crippen molar-refractivity contribution in [3.63, 3.8) is 0 Å². The van der Waals surface area contributed by atoms with Crippen LogP contribution in [0.2, 0.25) is 0 Å². The molecule has 2 aromatic heterocycles. The van der Waals surface area contributed by atoms with Crippen LogP contribution in [0.3, 0.4) is 0 Å². The maximum atomic E-state index is 12.1. The van der Waals surface area contributed by atoms with E-state index in [2.05, 4.69) is 15.3 Å². The molecule has 5 nitrogen and oxygen atoms in total. The highest BCUT2D eigenvalue weighted by molar-refractivity contribution is 7.89. The number of hydrogen-bond acceptors (Lipinski definition) is 4. The van der Waals surface area contributed by atoms with E-state index in [-0.39, 0.29) is 11.2 Å². The Bertz CT molecular complexity index is 654. The molecule has 0 spiro atoms. The van der Waals surface area contributed by atoms with Gasteiger partial charge >= 0.3 is 0 Å². The molecular formula is C13H12N3O2P. The average molecular weight is 273 g/mol. The molecule has 0 aliphatic carbocycles. The normalized spacial score (nSPS) is 18.7. The van der Waals surface area contributed by atoms with Crippen LogP contribution in [0.4, 0.5) is 10.6 Å². The quantitative estimate of drug-likeness (QED) is 0.854. The van der Waals surface area contributed by atoms with E-state index in [1.165, 1.54) is 0 Å².